The topological polar surface area (TPSA) is 91.4 Å². The number of ether oxygens (including phenoxy) is 4. The van der Waals surface area contributed by atoms with Gasteiger partial charge in [-0.3, -0.25) is 9.59 Å². The van der Waals surface area contributed by atoms with E-state index in [2.05, 4.69) is 0 Å². The van der Waals surface area contributed by atoms with Crippen molar-refractivity contribution >= 4 is 17.8 Å². The Bertz CT molecular complexity index is 766. The van der Waals surface area contributed by atoms with Gasteiger partial charge in [0.05, 0.1) is 39.0 Å². The first-order chi connectivity index (χ1) is 14.7. The molecule has 2 saturated heterocycles. The molecule has 8 heteroatoms. The third kappa shape index (κ3) is 7.12. The highest BCUT2D eigenvalue weighted by Crippen LogP contribution is 2.24. The fourth-order valence-electron chi connectivity index (χ4n) is 3.53. The van der Waals surface area contributed by atoms with Crippen molar-refractivity contribution in [3.05, 3.63) is 35.9 Å². The molecule has 2 heterocycles. The van der Waals surface area contributed by atoms with Crippen LogP contribution in [-0.4, -0.2) is 66.9 Å². The van der Waals surface area contributed by atoms with E-state index in [1.807, 2.05) is 30.3 Å². The minimum Gasteiger partial charge on any atom is -0.443 e. The van der Waals surface area contributed by atoms with Crippen molar-refractivity contribution < 1.29 is 33.3 Å². The van der Waals surface area contributed by atoms with Crippen molar-refractivity contribution in [2.75, 3.05) is 26.4 Å². The Labute approximate surface area is 182 Å². The zero-order valence-electron chi connectivity index (χ0n) is 18.4. The Morgan fingerprint density at radius 1 is 1.10 bits per heavy atom. The molecule has 2 amide bonds. The van der Waals surface area contributed by atoms with Crippen LogP contribution in [0.25, 0.3) is 0 Å². The molecule has 3 atom stereocenters. The number of carbonyl (C=O) groups is 3. The second kappa shape index (κ2) is 10.3. The van der Waals surface area contributed by atoms with Gasteiger partial charge in [-0.1, -0.05) is 30.3 Å². The van der Waals surface area contributed by atoms with Gasteiger partial charge in [-0.25, -0.2) is 9.69 Å². The summed E-state index contributed by atoms with van der Waals surface area (Å²) in [7, 11) is 0. The second-order valence-corrected chi connectivity index (χ2v) is 8.97. The number of likely N-dealkylation sites (tertiary alicyclic amines) is 1. The van der Waals surface area contributed by atoms with Crippen LogP contribution in [-0.2, 0) is 35.1 Å². The van der Waals surface area contributed by atoms with Crippen molar-refractivity contribution in [1.29, 1.82) is 0 Å². The van der Waals surface area contributed by atoms with Gasteiger partial charge in [0.25, 0.3) is 0 Å². The number of ketones is 1. The molecule has 1 aromatic rings. The van der Waals surface area contributed by atoms with Gasteiger partial charge in [0.15, 0.2) is 0 Å². The van der Waals surface area contributed by atoms with Crippen molar-refractivity contribution in [3.63, 3.8) is 0 Å². The molecular formula is C23H31NO7. The smallest absolute Gasteiger partial charge is 0.417 e. The molecule has 0 N–H and O–H groups in total. The highest BCUT2D eigenvalue weighted by atomic mass is 16.6. The van der Waals surface area contributed by atoms with Crippen LogP contribution in [0.1, 0.15) is 39.2 Å². The highest BCUT2D eigenvalue weighted by molar-refractivity contribution is 6.06. The lowest BCUT2D eigenvalue weighted by atomic mass is 9.90. The molecule has 2 aliphatic heterocycles. The summed E-state index contributed by atoms with van der Waals surface area (Å²) in [4.78, 5) is 37.9. The molecule has 31 heavy (non-hydrogen) atoms. The van der Waals surface area contributed by atoms with E-state index in [4.69, 9.17) is 18.9 Å². The number of hydrogen-bond donors (Lipinski definition) is 0. The third-order valence-electron chi connectivity index (χ3n) is 5.10. The molecule has 170 valence electrons. The summed E-state index contributed by atoms with van der Waals surface area (Å²) >= 11 is 0. The number of benzene rings is 1. The maximum absolute atomic E-state index is 12.4. The van der Waals surface area contributed by atoms with Crippen molar-refractivity contribution in [3.8, 4) is 0 Å². The van der Waals surface area contributed by atoms with Crippen LogP contribution < -0.4 is 0 Å². The van der Waals surface area contributed by atoms with E-state index in [0.717, 1.165) is 10.5 Å². The monoisotopic (exact) mass is 433 g/mol. The van der Waals surface area contributed by atoms with Gasteiger partial charge in [0, 0.05) is 12.5 Å². The maximum atomic E-state index is 12.4. The number of nitrogens with zero attached hydrogens (tertiary/aromatic N) is 1. The molecular weight excluding hydrogens is 402 g/mol. The SMILES string of the molecule is CC(C)(C)OC(=O)N1CC(C[C@@H]2CO[C@@H](COCc3ccccc3)CO2)C(=O)CC1=O. The fraction of sp³-hybridized carbons (Fsp3) is 0.609. The number of carbonyl (C=O) groups excluding carboxylic acids is 3. The van der Waals surface area contributed by atoms with E-state index < -0.39 is 23.5 Å². The van der Waals surface area contributed by atoms with Crippen LogP contribution in [0.4, 0.5) is 4.79 Å². The molecule has 0 aromatic heterocycles. The lowest BCUT2D eigenvalue weighted by Gasteiger charge is -2.35. The zero-order valence-corrected chi connectivity index (χ0v) is 18.4. The number of amides is 2. The molecule has 1 aromatic carbocycles. The predicted molar refractivity (Wildman–Crippen MR) is 111 cm³/mol. The third-order valence-corrected chi connectivity index (χ3v) is 5.10. The number of hydrogen-bond acceptors (Lipinski definition) is 7. The standard InChI is InChI=1S/C23H31NO7/c1-23(2,3)31-22(27)24-11-17(20(25)10-21(24)26)9-18-14-30-19(15-29-18)13-28-12-16-7-5-4-6-8-16/h4-8,17-19H,9-15H2,1-3H3/t17?,18-,19+/m1/s1. The number of Topliss-reactive ketones (excluding diaryl/α,β-unsaturated/α-hetero) is 1. The Morgan fingerprint density at radius 2 is 1.77 bits per heavy atom. The first kappa shape index (κ1) is 23.4. The van der Waals surface area contributed by atoms with Crippen LogP contribution in [0.5, 0.6) is 0 Å². The minimum atomic E-state index is -0.716. The van der Waals surface area contributed by atoms with Crippen LogP contribution in [0.2, 0.25) is 0 Å². The van der Waals surface area contributed by atoms with Crippen LogP contribution >= 0.6 is 0 Å². The molecule has 1 unspecified atom stereocenters. The lowest BCUT2D eigenvalue weighted by Crippen LogP contribution is -2.51. The molecule has 0 aliphatic carbocycles. The van der Waals surface area contributed by atoms with Crippen LogP contribution in [0, 0.1) is 5.92 Å². The first-order valence-electron chi connectivity index (χ1n) is 10.6. The Balaban J connectivity index is 1.43. The average molecular weight is 434 g/mol. The van der Waals surface area contributed by atoms with E-state index in [0.29, 0.717) is 32.8 Å². The van der Waals surface area contributed by atoms with Gasteiger partial charge in [-0.15, -0.1) is 0 Å². The molecule has 0 bridgehead atoms. The highest BCUT2D eigenvalue weighted by Gasteiger charge is 2.39. The largest absolute Gasteiger partial charge is 0.443 e. The van der Waals surface area contributed by atoms with Crippen molar-refractivity contribution in [1.82, 2.24) is 4.90 Å². The second-order valence-electron chi connectivity index (χ2n) is 8.97. The summed E-state index contributed by atoms with van der Waals surface area (Å²) in [6.07, 6.45) is -1.06. The number of imide groups is 1. The molecule has 0 spiro atoms. The van der Waals surface area contributed by atoms with Crippen molar-refractivity contribution in [2.45, 2.75) is 58.0 Å². The van der Waals surface area contributed by atoms with E-state index >= 15 is 0 Å². The lowest BCUT2D eigenvalue weighted by molar-refractivity contribution is -0.162. The van der Waals surface area contributed by atoms with Gasteiger partial charge in [0.1, 0.15) is 17.5 Å². The van der Waals surface area contributed by atoms with Gasteiger partial charge in [0.2, 0.25) is 5.91 Å². The summed E-state index contributed by atoms with van der Waals surface area (Å²) in [6, 6.07) is 9.89. The zero-order chi connectivity index (χ0) is 22.4. The Hall–Kier alpha value is -2.29. The summed E-state index contributed by atoms with van der Waals surface area (Å²) in [5.41, 5.74) is 0.378. The predicted octanol–water partition coefficient (Wildman–Crippen LogP) is 2.73. The average Bonchev–Trinajstić information content (AvgIpc) is 2.70. The Morgan fingerprint density at radius 3 is 2.42 bits per heavy atom. The molecule has 0 saturated carbocycles. The quantitative estimate of drug-likeness (QED) is 0.637. The number of rotatable bonds is 6. The summed E-state index contributed by atoms with van der Waals surface area (Å²) in [5.74, 6) is -1.18. The normalized spacial score (nSPS) is 24.9. The molecule has 8 nitrogen and oxygen atoms in total. The van der Waals surface area contributed by atoms with Gasteiger partial charge in [-0.05, 0) is 32.8 Å². The van der Waals surface area contributed by atoms with E-state index in [9.17, 15) is 14.4 Å². The van der Waals surface area contributed by atoms with Crippen LogP contribution in [0.15, 0.2) is 30.3 Å². The van der Waals surface area contributed by atoms with Gasteiger partial charge in [-0.2, -0.15) is 0 Å². The summed E-state index contributed by atoms with van der Waals surface area (Å²) < 4.78 is 22.7. The van der Waals surface area contributed by atoms with E-state index in [1.54, 1.807) is 20.8 Å². The van der Waals surface area contributed by atoms with Gasteiger partial charge < -0.3 is 18.9 Å². The van der Waals surface area contributed by atoms with Gasteiger partial charge >= 0.3 is 6.09 Å². The molecule has 2 fully saturated rings. The van der Waals surface area contributed by atoms with E-state index in [-0.39, 0.29) is 31.0 Å². The summed E-state index contributed by atoms with van der Waals surface area (Å²) in [6.45, 7) is 6.84. The van der Waals surface area contributed by atoms with Crippen LogP contribution in [0.3, 0.4) is 0 Å². The van der Waals surface area contributed by atoms with E-state index in [1.165, 1.54) is 0 Å². The molecule has 2 aliphatic rings. The first-order valence-corrected chi connectivity index (χ1v) is 10.6. The minimum absolute atomic E-state index is 0.00998. The summed E-state index contributed by atoms with van der Waals surface area (Å²) in [5, 5.41) is 0. The van der Waals surface area contributed by atoms with Crippen molar-refractivity contribution in [2.24, 2.45) is 5.92 Å². The maximum Gasteiger partial charge on any atom is 0.417 e. The molecule has 3 rings (SSSR count). The number of piperidine rings is 1. The fourth-order valence-corrected chi connectivity index (χ4v) is 3.53. The molecule has 0 radical (unpaired) electrons. The Kier molecular flexibility index (Phi) is 7.80.